The molecule has 7 heteroatoms. The SMILES string of the molecule is CC(C)C1CSC(Nc2c(Cl)cccc2C(F)(F)F)=N1. The molecule has 1 aromatic rings. The van der Waals surface area contributed by atoms with E-state index in [0.29, 0.717) is 11.1 Å². The van der Waals surface area contributed by atoms with Crippen molar-refractivity contribution >= 4 is 34.2 Å². The summed E-state index contributed by atoms with van der Waals surface area (Å²) in [5.74, 6) is 1.13. The van der Waals surface area contributed by atoms with Gasteiger partial charge in [0.15, 0.2) is 5.17 Å². The van der Waals surface area contributed by atoms with E-state index in [9.17, 15) is 13.2 Å². The van der Waals surface area contributed by atoms with Crippen LogP contribution in [0.2, 0.25) is 5.02 Å². The zero-order valence-corrected chi connectivity index (χ0v) is 12.5. The van der Waals surface area contributed by atoms with E-state index >= 15 is 0 Å². The van der Waals surface area contributed by atoms with Crippen molar-refractivity contribution in [1.29, 1.82) is 0 Å². The van der Waals surface area contributed by atoms with Gasteiger partial charge in [0.25, 0.3) is 0 Å². The topological polar surface area (TPSA) is 24.4 Å². The van der Waals surface area contributed by atoms with E-state index in [2.05, 4.69) is 10.3 Å². The van der Waals surface area contributed by atoms with Gasteiger partial charge < -0.3 is 5.32 Å². The van der Waals surface area contributed by atoms with Crippen LogP contribution in [0.25, 0.3) is 0 Å². The summed E-state index contributed by atoms with van der Waals surface area (Å²) in [5.41, 5.74) is -0.904. The third kappa shape index (κ3) is 3.41. The molecular formula is C13H14ClF3N2S. The Morgan fingerprint density at radius 1 is 1.40 bits per heavy atom. The second-order valence-corrected chi connectivity index (χ2v) is 6.26. The molecule has 0 amide bonds. The molecule has 0 radical (unpaired) electrons. The number of nitrogens with zero attached hydrogens (tertiary/aromatic N) is 1. The maximum Gasteiger partial charge on any atom is 0.418 e. The summed E-state index contributed by atoms with van der Waals surface area (Å²) in [4.78, 5) is 4.39. The van der Waals surface area contributed by atoms with Gasteiger partial charge in [0.1, 0.15) is 0 Å². The van der Waals surface area contributed by atoms with Crippen molar-refractivity contribution in [3.8, 4) is 0 Å². The predicted octanol–water partition coefficient (Wildman–Crippen LogP) is 4.90. The summed E-state index contributed by atoms with van der Waals surface area (Å²) in [7, 11) is 0. The number of para-hydroxylation sites is 1. The molecule has 1 heterocycles. The van der Waals surface area contributed by atoms with Gasteiger partial charge in [0.2, 0.25) is 0 Å². The Balaban J connectivity index is 2.29. The number of anilines is 1. The van der Waals surface area contributed by atoms with Gasteiger partial charge in [-0.15, -0.1) is 0 Å². The average molecular weight is 323 g/mol. The Kier molecular flexibility index (Phi) is 4.54. The molecule has 20 heavy (non-hydrogen) atoms. The lowest BCUT2D eigenvalue weighted by Crippen LogP contribution is -2.14. The zero-order valence-electron chi connectivity index (χ0n) is 11.0. The van der Waals surface area contributed by atoms with Crippen LogP contribution in [0.15, 0.2) is 23.2 Å². The van der Waals surface area contributed by atoms with Gasteiger partial charge in [-0.05, 0) is 18.1 Å². The first-order chi connectivity index (χ1) is 9.29. The van der Waals surface area contributed by atoms with Gasteiger partial charge in [-0.25, -0.2) is 0 Å². The molecule has 1 aliphatic heterocycles. The summed E-state index contributed by atoms with van der Waals surface area (Å²) in [5, 5.41) is 3.26. The first-order valence-corrected chi connectivity index (χ1v) is 7.48. The van der Waals surface area contributed by atoms with E-state index in [-0.39, 0.29) is 16.8 Å². The number of nitrogens with one attached hydrogen (secondary N) is 1. The van der Waals surface area contributed by atoms with Crippen LogP contribution in [0, 0.1) is 5.92 Å². The van der Waals surface area contributed by atoms with Crippen molar-refractivity contribution in [2.24, 2.45) is 10.9 Å². The van der Waals surface area contributed by atoms with E-state index in [0.717, 1.165) is 11.8 Å². The molecule has 1 N–H and O–H groups in total. The fraction of sp³-hybridized carbons (Fsp3) is 0.462. The molecule has 2 rings (SSSR count). The van der Waals surface area contributed by atoms with Crippen LogP contribution in [0.4, 0.5) is 18.9 Å². The minimum Gasteiger partial charge on any atom is -0.333 e. The van der Waals surface area contributed by atoms with Crippen molar-refractivity contribution in [1.82, 2.24) is 0 Å². The molecule has 0 bridgehead atoms. The standard InChI is InChI=1S/C13H14ClF3N2S/c1-7(2)10-6-20-12(18-10)19-11-8(13(15,16)17)4-3-5-9(11)14/h3-5,7,10H,6H2,1-2H3,(H,18,19). The average Bonchev–Trinajstić information content (AvgIpc) is 2.79. The Morgan fingerprint density at radius 3 is 2.65 bits per heavy atom. The maximum absolute atomic E-state index is 13.0. The highest BCUT2D eigenvalue weighted by molar-refractivity contribution is 8.14. The highest BCUT2D eigenvalue weighted by atomic mass is 35.5. The summed E-state index contributed by atoms with van der Waals surface area (Å²) < 4.78 is 38.9. The Labute approximate surface area is 124 Å². The van der Waals surface area contributed by atoms with Gasteiger partial charge in [0.05, 0.1) is 22.3 Å². The molecule has 0 saturated carbocycles. The van der Waals surface area contributed by atoms with Crippen molar-refractivity contribution in [3.05, 3.63) is 28.8 Å². The van der Waals surface area contributed by atoms with Crippen LogP contribution in [0.5, 0.6) is 0 Å². The molecule has 110 valence electrons. The molecule has 0 aromatic heterocycles. The lowest BCUT2D eigenvalue weighted by molar-refractivity contribution is -0.136. The smallest absolute Gasteiger partial charge is 0.333 e. The van der Waals surface area contributed by atoms with Gasteiger partial charge >= 0.3 is 6.18 Å². The van der Waals surface area contributed by atoms with Gasteiger partial charge in [-0.3, -0.25) is 4.99 Å². The zero-order chi connectivity index (χ0) is 14.9. The van der Waals surface area contributed by atoms with E-state index in [4.69, 9.17) is 11.6 Å². The molecule has 1 aliphatic rings. The highest BCUT2D eigenvalue weighted by Crippen LogP contribution is 2.39. The summed E-state index contributed by atoms with van der Waals surface area (Å²) in [6.07, 6.45) is -4.45. The quantitative estimate of drug-likeness (QED) is 0.837. The Morgan fingerprint density at radius 2 is 2.10 bits per heavy atom. The van der Waals surface area contributed by atoms with Crippen LogP contribution >= 0.6 is 23.4 Å². The molecule has 0 spiro atoms. The number of aliphatic imine (C=N–C) groups is 1. The largest absolute Gasteiger partial charge is 0.418 e. The van der Waals surface area contributed by atoms with Crippen molar-refractivity contribution in [2.75, 3.05) is 11.1 Å². The van der Waals surface area contributed by atoms with E-state index < -0.39 is 11.7 Å². The molecule has 0 fully saturated rings. The molecule has 0 saturated heterocycles. The molecular weight excluding hydrogens is 309 g/mol. The summed E-state index contributed by atoms with van der Waals surface area (Å²) in [6.45, 7) is 4.07. The predicted molar refractivity (Wildman–Crippen MR) is 78.6 cm³/mol. The molecule has 1 atom stereocenters. The van der Waals surface area contributed by atoms with Crippen molar-refractivity contribution < 1.29 is 13.2 Å². The van der Waals surface area contributed by atoms with Crippen LogP contribution in [0.1, 0.15) is 19.4 Å². The van der Waals surface area contributed by atoms with Crippen LogP contribution in [-0.2, 0) is 6.18 Å². The summed E-state index contributed by atoms with van der Waals surface area (Å²) in [6, 6.07) is 3.85. The molecule has 2 nitrogen and oxygen atoms in total. The fourth-order valence-electron chi connectivity index (χ4n) is 1.79. The van der Waals surface area contributed by atoms with Crippen LogP contribution in [0.3, 0.4) is 0 Å². The van der Waals surface area contributed by atoms with Crippen LogP contribution < -0.4 is 5.32 Å². The number of rotatable bonds is 2. The second-order valence-electron chi connectivity index (χ2n) is 4.84. The summed E-state index contributed by atoms with van der Waals surface area (Å²) >= 11 is 7.30. The van der Waals surface area contributed by atoms with E-state index in [1.165, 1.54) is 23.9 Å². The second kappa shape index (κ2) is 5.85. The first-order valence-electron chi connectivity index (χ1n) is 6.12. The fourth-order valence-corrected chi connectivity index (χ4v) is 3.19. The number of hydrogen-bond donors (Lipinski definition) is 1. The van der Waals surface area contributed by atoms with Crippen molar-refractivity contribution in [3.63, 3.8) is 0 Å². The van der Waals surface area contributed by atoms with Crippen molar-refractivity contribution in [2.45, 2.75) is 26.1 Å². The van der Waals surface area contributed by atoms with Crippen LogP contribution in [-0.4, -0.2) is 17.0 Å². The number of amidine groups is 1. The first kappa shape index (κ1) is 15.5. The monoisotopic (exact) mass is 322 g/mol. The highest BCUT2D eigenvalue weighted by Gasteiger charge is 2.35. The van der Waals surface area contributed by atoms with Gasteiger partial charge in [-0.2, -0.15) is 13.2 Å². The number of alkyl halides is 3. The minimum absolute atomic E-state index is 0.0381. The number of thioether (sulfide) groups is 1. The minimum atomic E-state index is -4.45. The van der Waals surface area contributed by atoms with Gasteiger partial charge in [0, 0.05) is 5.75 Å². The normalized spacial score (nSPS) is 19.4. The van der Waals surface area contributed by atoms with E-state index in [1.807, 2.05) is 13.8 Å². The third-order valence-corrected chi connectivity index (χ3v) is 4.30. The number of benzene rings is 1. The third-order valence-electron chi connectivity index (χ3n) is 2.99. The lowest BCUT2D eigenvalue weighted by atomic mass is 10.1. The van der Waals surface area contributed by atoms with E-state index in [1.54, 1.807) is 0 Å². The van der Waals surface area contributed by atoms with Gasteiger partial charge in [-0.1, -0.05) is 43.3 Å². The molecule has 1 unspecified atom stereocenters. The number of halogens is 4. The Bertz CT molecular complexity index is 529. The maximum atomic E-state index is 13.0. The Hall–Kier alpha value is -0.880. The molecule has 1 aromatic carbocycles. The number of hydrogen-bond acceptors (Lipinski definition) is 3. The molecule has 0 aliphatic carbocycles. The lowest BCUT2D eigenvalue weighted by Gasteiger charge is -2.15.